The van der Waals surface area contributed by atoms with Crippen LogP contribution in [0.15, 0.2) is 41.0 Å². The minimum absolute atomic E-state index is 0.656. The third kappa shape index (κ3) is 3.83. The Morgan fingerprint density at radius 1 is 1.26 bits per heavy atom. The zero-order valence-corrected chi connectivity index (χ0v) is 12.3. The molecule has 0 unspecified atom stereocenters. The van der Waals surface area contributed by atoms with Gasteiger partial charge in [0.15, 0.2) is 5.11 Å². The lowest BCUT2D eigenvalue weighted by molar-refractivity contribution is 0.414. The summed E-state index contributed by atoms with van der Waals surface area (Å²) in [5.74, 6) is 0.895. The monoisotopic (exact) mass is 274 g/mol. The number of nitrogens with zero attached hydrogens (tertiary/aromatic N) is 1. The van der Waals surface area contributed by atoms with Crippen molar-refractivity contribution in [2.45, 2.75) is 20.4 Å². The first-order valence-corrected chi connectivity index (χ1v) is 6.58. The van der Waals surface area contributed by atoms with Gasteiger partial charge < -0.3 is 14.6 Å². The fourth-order valence-electron chi connectivity index (χ4n) is 1.97. The molecule has 1 N–H and O–H groups in total. The molecule has 2 aromatic rings. The SMILES string of the molecule is Cc1cc(C)cc(NC(=S)N(C)Cc2ccco2)c1. The molecule has 19 heavy (non-hydrogen) atoms. The molecule has 0 aliphatic heterocycles. The molecular formula is C15H18N2OS. The summed E-state index contributed by atoms with van der Waals surface area (Å²) in [6, 6.07) is 10.1. The van der Waals surface area contributed by atoms with Gasteiger partial charge in [0.2, 0.25) is 0 Å². The molecule has 4 heteroatoms. The van der Waals surface area contributed by atoms with Gasteiger partial charge in [-0.25, -0.2) is 0 Å². The summed E-state index contributed by atoms with van der Waals surface area (Å²) >= 11 is 5.39. The van der Waals surface area contributed by atoms with E-state index in [-0.39, 0.29) is 0 Å². The fraction of sp³-hybridized carbons (Fsp3) is 0.267. The smallest absolute Gasteiger partial charge is 0.173 e. The van der Waals surface area contributed by atoms with Gasteiger partial charge in [-0.15, -0.1) is 0 Å². The van der Waals surface area contributed by atoms with Crippen molar-refractivity contribution in [1.29, 1.82) is 0 Å². The standard InChI is InChI=1S/C15H18N2OS/c1-11-7-12(2)9-13(8-11)16-15(19)17(3)10-14-5-4-6-18-14/h4-9H,10H2,1-3H3,(H,16,19). The van der Waals surface area contributed by atoms with Crippen molar-refractivity contribution >= 4 is 23.0 Å². The number of furan rings is 1. The van der Waals surface area contributed by atoms with Crippen LogP contribution in [-0.4, -0.2) is 17.1 Å². The first kappa shape index (κ1) is 13.6. The molecule has 1 aromatic heterocycles. The van der Waals surface area contributed by atoms with E-state index in [1.165, 1.54) is 11.1 Å². The Bertz CT molecular complexity index is 543. The molecule has 0 saturated heterocycles. The van der Waals surface area contributed by atoms with Crippen LogP contribution < -0.4 is 5.32 Å². The summed E-state index contributed by atoms with van der Waals surface area (Å²) in [5.41, 5.74) is 3.46. The quantitative estimate of drug-likeness (QED) is 0.863. The lowest BCUT2D eigenvalue weighted by atomic mass is 10.1. The Morgan fingerprint density at radius 3 is 2.53 bits per heavy atom. The number of rotatable bonds is 3. The highest BCUT2D eigenvalue weighted by Gasteiger charge is 2.07. The molecule has 2 rings (SSSR count). The molecule has 0 atom stereocenters. The highest BCUT2D eigenvalue weighted by atomic mass is 32.1. The van der Waals surface area contributed by atoms with Crippen molar-refractivity contribution in [2.75, 3.05) is 12.4 Å². The molecule has 1 heterocycles. The predicted molar refractivity (Wildman–Crippen MR) is 82.3 cm³/mol. The largest absolute Gasteiger partial charge is 0.467 e. The average Bonchev–Trinajstić information content (AvgIpc) is 2.80. The van der Waals surface area contributed by atoms with Crippen molar-refractivity contribution in [3.05, 3.63) is 53.5 Å². The Hall–Kier alpha value is -1.81. The summed E-state index contributed by atoms with van der Waals surface area (Å²) in [6.07, 6.45) is 1.67. The summed E-state index contributed by atoms with van der Waals surface area (Å²) < 4.78 is 5.31. The van der Waals surface area contributed by atoms with Gasteiger partial charge in [-0.05, 0) is 61.5 Å². The molecule has 3 nitrogen and oxygen atoms in total. The van der Waals surface area contributed by atoms with E-state index in [0.29, 0.717) is 11.7 Å². The molecule has 0 saturated carbocycles. The van der Waals surface area contributed by atoms with Gasteiger partial charge in [0.05, 0.1) is 12.8 Å². The van der Waals surface area contributed by atoms with Gasteiger partial charge in [-0.2, -0.15) is 0 Å². The number of hydrogen-bond acceptors (Lipinski definition) is 2. The van der Waals surface area contributed by atoms with Gasteiger partial charge in [-0.3, -0.25) is 0 Å². The molecule has 0 aliphatic carbocycles. The van der Waals surface area contributed by atoms with Crippen LogP contribution in [0, 0.1) is 13.8 Å². The summed E-state index contributed by atoms with van der Waals surface area (Å²) in [4.78, 5) is 1.95. The molecule has 0 aliphatic rings. The maximum atomic E-state index is 5.39. The van der Waals surface area contributed by atoms with Crippen LogP contribution in [0.25, 0.3) is 0 Å². The van der Waals surface area contributed by atoms with E-state index in [1.54, 1.807) is 6.26 Å². The van der Waals surface area contributed by atoms with Crippen LogP contribution >= 0.6 is 12.2 Å². The molecule has 0 spiro atoms. The normalized spacial score (nSPS) is 10.3. The number of anilines is 1. The second-order valence-corrected chi connectivity index (χ2v) is 5.13. The highest BCUT2D eigenvalue weighted by molar-refractivity contribution is 7.80. The minimum Gasteiger partial charge on any atom is -0.467 e. The predicted octanol–water partition coefficient (Wildman–Crippen LogP) is 3.73. The van der Waals surface area contributed by atoms with Crippen LogP contribution in [0.2, 0.25) is 0 Å². The molecular weight excluding hydrogens is 256 g/mol. The molecule has 1 aromatic carbocycles. The highest BCUT2D eigenvalue weighted by Crippen LogP contribution is 2.14. The number of thiocarbonyl (C=S) groups is 1. The second kappa shape index (κ2) is 5.89. The molecule has 0 radical (unpaired) electrons. The topological polar surface area (TPSA) is 28.4 Å². The Labute approximate surface area is 119 Å². The average molecular weight is 274 g/mol. The van der Waals surface area contributed by atoms with Crippen LogP contribution in [0.4, 0.5) is 5.69 Å². The number of hydrogen-bond donors (Lipinski definition) is 1. The van der Waals surface area contributed by atoms with Gasteiger partial charge in [0.1, 0.15) is 5.76 Å². The molecule has 0 amide bonds. The first-order chi connectivity index (χ1) is 9.04. The fourth-order valence-corrected chi connectivity index (χ4v) is 2.16. The third-order valence-electron chi connectivity index (χ3n) is 2.79. The van der Waals surface area contributed by atoms with Crippen LogP contribution in [0.3, 0.4) is 0 Å². The van der Waals surface area contributed by atoms with E-state index in [1.807, 2.05) is 24.1 Å². The van der Waals surface area contributed by atoms with E-state index >= 15 is 0 Å². The van der Waals surface area contributed by atoms with Crippen LogP contribution in [-0.2, 0) is 6.54 Å². The van der Waals surface area contributed by atoms with Crippen LogP contribution in [0.5, 0.6) is 0 Å². The third-order valence-corrected chi connectivity index (χ3v) is 3.21. The van der Waals surface area contributed by atoms with Crippen molar-refractivity contribution in [3.63, 3.8) is 0 Å². The van der Waals surface area contributed by atoms with E-state index in [2.05, 4.69) is 37.4 Å². The maximum absolute atomic E-state index is 5.39. The van der Waals surface area contributed by atoms with E-state index < -0.39 is 0 Å². The summed E-state index contributed by atoms with van der Waals surface area (Å²) in [5, 5.41) is 3.93. The van der Waals surface area contributed by atoms with Gasteiger partial charge in [0.25, 0.3) is 0 Å². The van der Waals surface area contributed by atoms with Crippen molar-refractivity contribution < 1.29 is 4.42 Å². The van der Waals surface area contributed by atoms with Crippen molar-refractivity contribution in [3.8, 4) is 0 Å². The molecule has 0 bridgehead atoms. The van der Waals surface area contributed by atoms with Gasteiger partial charge >= 0.3 is 0 Å². The van der Waals surface area contributed by atoms with E-state index in [4.69, 9.17) is 16.6 Å². The van der Waals surface area contributed by atoms with Gasteiger partial charge in [-0.1, -0.05) is 6.07 Å². The number of benzene rings is 1. The lowest BCUT2D eigenvalue weighted by Crippen LogP contribution is -2.30. The lowest BCUT2D eigenvalue weighted by Gasteiger charge is -2.20. The van der Waals surface area contributed by atoms with Crippen LogP contribution in [0.1, 0.15) is 16.9 Å². The Morgan fingerprint density at radius 2 is 1.95 bits per heavy atom. The van der Waals surface area contributed by atoms with E-state index in [0.717, 1.165) is 11.4 Å². The minimum atomic E-state index is 0.656. The Kier molecular flexibility index (Phi) is 4.22. The number of nitrogens with one attached hydrogen (secondary N) is 1. The number of aryl methyl sites for hydroxylation is 2. The van der Waals surface area contributed by atoms with E-state index in [9.17, 15) is 0 Å². The molecule has 0 fully saturated rings. The summed E-state index contributed by atoms with van der Waals surface area (Å²) in [7, 11) is 1.94. The Balaban J connectivity index is 2.00. The zero-order chi connectivity index (χ0) is 13.8. The second-order valence-electron chi connectivity index (χ2n) is 4.74. The maximum Gasteiger partial charge on any atom is 0.173 e. The zero-order valence-electron chi connectivity index (χ0n) is 11.4. The first-order valence-electron chi connectivity index (χ1n) is 6.17. The summed E-state index contributed by atoms with van der Waals surface area (Å²) in [6.45, 7) is 4.81. The van der Waals surface area contributed by atoms with Crippen molar-refractivity contribution in [2.24, 2.45) is 0 Å². The van der Waals surface area contributed by atoms with Crippen molar-refractivity contribution in [1.82, 2.24) is 4.90 Å². The molecule has 100 valence electrons. The van der Waals surface area contributed by atoms with Gasteiger partial charge in [0, 0.05) is 12.7 Å².